The zero-order valence-electron chi connectivity index (χ0n) is 42.5. The molecule has 0 aliphatic rings. The summed E-state index contributed by atoms with van der Waals surface area (Å²) in [6, 6.07) is 45.1. The van der Waals surface area contributed by atoms with Gasteiger partial charge < -0.3 is 0 Å². The average Bonchev–Trinajstić information content (AvgIpc) is 3.29. The van der Waals surface area contributed by atoms with Gasteiger partial charge in [-0.05, 0) is 264 Å². The van der Waals surface area contributed by atoms with Crippen LogP contribution in [0.1, 0.15) is 89.0 Å². The predicted octanol–water partition coefficient (Wildman–Crippen LogP) is 19.2. The molecule has 0 heteroatoms. The van der Waals surface area contributed by atoms with E-state index in [2.05, 4.69) is 232 Å². The molecule has 0 aliphatic carbocycles. The largest absolute Gasteiger partial charge is 0.0587 e. The fourth-order valence-corrected chi connectivity index (χ4v) is 10.8. The van der Waals surface area contributed by atoms with Gasteiger partial charge in [-0.2, -0.15) is 0 Å². The summed E-state index contributed by atoms with van der Waals surface area (Å²) in [6.07, 6.45) is 0. The summed E-state index contributed by atoms with van der Waals surface area (Å²) in [5, 5.41) is 19.7. The summed E-state index contributed by atoms with van der Waals surface area (Å²) in [7, 11) is 0. The zero-order chi connectivity index (χ0) is 47.5. The highest BCUT2D eigenvalue weighted by molar-refractivity contribution is 6.25. The molecule has 0 unspecified atom stereocenters. The van der Waals surface area contributed by atoms with E-state index in [0.717, 1.165) is 0 Å². The van der Waals surface area contributed by atoms with Crippen LogP contribution in [0.3, 0.4) is 0 Å². The first-order chi connectivity index (χ1) is 31.4. The van der Waals surface area contributed by atoms with Crippen LogP contribution in [0.5, 0.6) is 0 Å². The van der Waals surface area contributed by atoms with Gasteiger partial charge in [0, 0.05) is 0 Å². The van der Waals surface area contributed by atoms with Crippen molar-refractivity contribution in [3.05, 3.63) is 210 Å². The zero-order valence-corrected chi connectivity index (χ0v) is 42.5. The number of hydrogen-bond donors (Lipinski definition) is 0. The lowest BCUT2D eigenvalue weighted by atomic mass is 9.87. The van der Waals surface area contributed by atoms with Gasteiger partial charge in [0.15, 0.2) is 0 Å². The first-order valence-corrected chi connectivity index (χ1v) is 23.8. The summed E-state index contributed by atoms with van der Waals surface area (Å²) in [5.41, 5.74) is 22.1. The molecule has 0 heterocycles. The summed E-state index contributed by atoms with van der Waals surface area (Å²) in [5.74, 6) is 0. The van der Waals surface area contributed by atoms with Gasteiger partial charge in [0.05, 0.1) is 0 Å². The number of fused-ring (bicyclic) bond motifs is 4. The summed E-state index contributed by atoms with van der Waals surface area (Å²) in [4.78, 5) is 0. The van der Waals surface area contributed by atoms with Crippen LogP contribution in [-0.2, 0) is 0 Å². The maximum Gasteiger partial charge on any atom is -0.00213 e. The first-order valence-electron chi connectivity index (χ1n) is 23.8. The van der Waals surface area contributed by atoms with Crippen LogP contribution >= 0.6 is 0 Å². The number of aryl methyl sites for hydroxylation is 16. The maximum absolute atomic E-state index is 2.31. The average molecular weight is 861 g/mol. The molecule has 0 N–H and O–H groups in total. The van der Waals surface area contributed by atoms with Crippen molar-refractivity contribution in [2.24, 2.45) is 0 Å². The molecule has 0 aromatic heterocycles. The van der Waals surface area contributed by atoms with E-state index in [-0.39, 0.29) is 0 Å². The number of rotatable bonds is 0. The summed E-state index contributed by atoms with van der Waals surface area (Å²) >= 11 is 0. The highest BCUT2D eigenvalue weighted by atomic mass is 14.2. The molecule has 11 rings (SSSR count). The van der Waals surface area contributed by atoms with E-state index >= 15 is 0 Å². The van der Waals surface area contributed by atoms with Crippen molar-refractivity contribution in [1.29, 1.82) is 0 Å². The molecule has 66 heavy (non-hydrogen) atoms. The van der Waals surface area contributed by atoms with Gasteiger partial charge in [0.1, 0.15) is 0 Å². The second-order valence-electron chi connectivity index (χ2n) is 19.7. The Hall–Kier alpha value is -6.50. The smallest absolute Gasteiger partial charge is 0.00213 e. The molecule has 332 valence electrons. The van der Waals surface area contributed by atoms with E-state index in [1.807, 2.05) is 0 Å². The van der Waals surface area contributed by atoms with Crippen LogP contribution < -0.4 is 0 Å². The summed E-state index contributed by atoms with van der Waals surface area (Å²) in [6.45, 7) is 35.2. The molecule has 0 atom stereocenters. The van der Waals surface area contributed by atoms with E-state index < -0.39 is 0 Å². The molecule has 0 saturated heterocycles. The monoisotopic (exact) mass is 861 g/mol. The standard InChI is InChI=1S/C20H18.C18H18.2C14H16/c1-11-9-12(2)16-7-8-18-14(4)10-13(3)17-6-5-15(11)19(16)20(17)18;1-11-5-7-15-14(4)18-10-12(2)6-8-16(18)13(3)17(15)9-11;1-9-5-7-14-12(4)10(2)6-8-13(14)11(9)3;1-9-5-6-11(3)14-12(4)8-7-10(2)13(9)14/h5-10H,1-4H3;5-10H,1-4H3;2*5-8H,1-4H3. The fourth-order valence-electron chi connectivity index (χ4n) is 10.8. The molecule has 11 aromatic carbocycles. The van der Waals surface area contributed by atoms with E-state index in [0.29, 0.717) is 0 Å². The van der Waals surface area contributed by atoms with Gasteiger partial charge in [-0.25, -0.2) is 0 Å². The minimum atomic E-state index is 1.33. The van der Waals surface area contributed by atoms with Gasteiger partial charge in [0.2, 0.25) is 0 Å². The number of hydrogen-bond acceptors (Lipinski definition) is 0. The molecule has 0 radical (unpaired) electrons. The van der Waals surface area contributed by atoms with Crippen molar-refractivity contribution < 1.29 is 0 Å². The first kappa shape index (κ1) is 46.0. The third-order valence-electron chi connectivity index (χ3n) is 15.0. The second-order valence-corrected chi connectivity index (χ2v) is 19.7. The van der Waals surface area contributed by atoms with Crippen molar-refractivity contribution in [3.8, 4) is 0 Å². The van der Waals surface area contributed by atoms with Crippen molar-refractivity contribution in [3.63, 3.8) is 0 Å². The normalized spacial score (nSPS) is 11.3. The second kappa shape index (κ2) is 18.1. The molecule has 0 bridgehead atoms. The topological polar surface area (TPSA) is 0 Å². The molecule has 0 nitrogen and oxygen atoms in total. The Kier molecular flexibility index (Phi) is 12.6. The Morgan fingerprint density at radius 1 is 0.167 bits per heavy atom. The molecular weight excluding hydrogens is 793 g/mol. The molecule has 0 spiro atoms. The van der Waals surface area contributed by atoms with Crippen molar-refractivity contribution in [1.82, 2.24) is 0 Å². The SMILES string of the molecule is Cc1cc(C)c2ccc3c(C)cc(C)c4ccc1c2c43.Cc1ccc(C)c2c(C)ccc(C)c12.Cc1ccc2c(C)c(C)ccc2c1C.Cc1ccc2c(C)c3cc(C)ccc3c(C)c2c1. The fraction of sp³-hybridized carbons (Fsp3) is 0.242. The minimum Gasteiger partial charge on any atom is -0.0587 e. The van der Waals surface area contributed by atoms with Crippen molar-refractivity contribution >= 4 is 75.4 Å². The van der Waals surface area contributed by atoms with Crippen LogP contribution in [0.2, 0.25) is 0 Å². The quantitative estimate of drug-likeness (QED) is 0.105. The summed E-state index contributed by atoms with van der Waals surface area (Å²) < 4.78 is 0. The van der Waals surface area contributed by atoms with Crippen molar-refractivity contribution in [2.75, 3.05) is 0 Å². The lowest BCUT2D eigenvalue weighted by Crippen LogP contribution is -1.92. The molecule has 0 saturated carbocycles. The van der Waals surface area contributed by atoms with E-state index in [9.17, 15) is 0 Å². The van der Waals surface area contributed by atoms with Gasteiger partial charge in [-0.1, -0.05) is 132 Å². The molecule has 0 amide bonds. The Bertz CT molecular complexity index is 3330. The minimum absolute atomic E-state index is 1.33. The Labute approximate surface area is 394 Å². The molecule has 11 aromatic rings. The van der Waals surface area contributed by atoms with Gasteiger partial charge in [-0.15, -0.1) is 0 Å². The van der Waals surface area contributed by atoms with Gasteiger partial charge in [-0.3, -0.25) is 0 Å². The van der Waals surface area contributed by atoms with E-state index in [4.69, 9.17) is 0 Å². The Morgan fingerprint density at radius 2 is 0.409 bits per heavy atom. The van der Waals surface area contributed by atoms with Crippen LogP contribution in [0.15, 0.2) is 121 Å². The highest BCUT2D eigenvalue weighted by Gasteiger charge is 2.14. The van der Waals surface area contributed by atoms with Crippen molar-refractivity contribution in [2.45, 2.75) is 111 Å². The van der Waals surface area contributed by atoms with Crippen LogP contribution in [0, 0.1) is 111 Å². The molecular formula is C66H68. The van der Waals surface area contributed by atoms with Crippen LogP contribution in [-0.4, -0.2) is 0 Å². The third-order valence-corrected chi connectivity index (χ3v) is 15.0. The molecule has 0 fully saturated rings. The maximum atomic E-state index is 2.31. The lowest BCUT2D eigenvalue weighted by molar-refractivity contribution is 1.34. The highest BCUT2D eigenvalue weighted by Crippen LogP contribution is 2.40. The van der Waals surface area contributed by atoms with Crippen LogP contribution in [0.25, 0.3) is 75.4 Å². The predicted molar refractivity (Wildman–Crippen MR) is 295 cm³/mol. The van der Waals surface area contributed by atoms with Crippen LogP contribution in [0.4, 0.5) is 0 Å². The molecule has 0 aliphatic heterocycles. The third kappa shape index (κ3) is 8.21. The van der Waals surface area contributed by atoms with E-state index in [1.165, 1.54) is 164 Å². The Balaban J connectivity index is 0.000000121. The van der Waals surface area contributed by atoms with Gasteiger partial charge in [0.25, 0.3) is 0 Å². The Morgan fingerprint density at radius 3 is 0.712 bits per heavy atom. The van der Waals surface area contributed by atoms with E-state index in [1.54, 1.807) is 0 Å². The van der Waals surface area contributed by atoms with Gasteiger partial charge >= 0.3 is 0 Å². The number of benzene rings is 11. The lowest BCUT2D eigenvalue weighted by Gasteiger charge is -2.17.